The lowest BCUT2D eigenvalue weighted by Gasteiger charge is -2.29. The van der Waals surface area contributed by atoms with Gasteiger partial charge >= 0.3 is 14.1 Å². The molecule has 94 valence electrons. The first-order valence-electron chi connectivity index (χ1n) is 5.98. The second-order valence-corrected chi connectivity index (χ2v) is 4.11. The molecule has 1 aliphatic heterocycles. The van der Waals surface area contributed by atoms with Crippen LogP contribution in [0, 0.1) is 0 Å². The van der Waals surface area contributed by atoms with Gasteiger partial charge in [-0.3, -0.25) is 0 Å². The summed E-state index contributed by atoms with van der Waals surface area (Å²) in [6.07, 6.45) is 0.735. The lowest BCUT2D eigenvalue weighted by Crippen LogP contribution is -2.56. The Bertz CT molecular complexity index is 196. The lowest BCUT2D eigenvalue weighted by molar-refractivity contribution is 0.184. The molecule has 1 aliphatic rings. The van der Waals surface area contributed by atoms with Crippen molar-refractivity contribution < 1.29 is 15.2 Å². The number of rotatable bonds is 4. The van der Waals surface area contributed by atoms with Gasteiger partial charge in [0.2, 0.25) is 0 Å². The summed E-state index contributed by atoms with van der Waals surface area (Å²) in [4.78, 5) is 1.87. The zero-order valence-corrected chi connectivity index (χ0v) is 10.8. The molecule has 0 spiro atoms. The Morgan fingerprint density at radius 2 is 1.88 bits per heavy atom. The van der Waals surface area contributed by atoms with Crippen molar-refractivity contribution in [1.82, 2.24) is 10.0 Å². The second kappa shape index (κ2) is 7.29. The molecule has 0 bridgehead atoms. The zero-order valence-electron chi connectivity index (χ0n) is 10.8. The van der Waals surface area contributed by atoms with Gasteiger partial charge in [-0.15, -0.1) is 0 Å². The monoisotopic (exact) mass is 230 g/mol. The highest BCUT2D eigenvalue weighted by Crippen LogP contribution is 2.21. The fourth-order valence-corrected chi connectivity index (χ4v) is 1.96. The third-order valence-electron chi connectivity index (χ3n) is 2.73. The molecule has 0 radical (unpaired) electrons. The van der Waals surface area contributed by atoms with Crippen LogP contribution in [0.15, 0.2) is 0 Å². The molecule has 0 aromatic heterocycles. The van der Waals surface area contributed by atoms with Gasteiger partial charge in [0.25, 0.3) is 0 Å². The molecule has 4 N–H and O–H groups in total. The van der Waals surface area contributed by atoms with E-state index in [2.05, 4.69) is 5.23 Å². The number of aliphatic hydroxyl groups is 1. The molecule has 7 heteroatoms. The molecule has 0 amide bonds. The second-order valence-electron chi connectivity index (χ2n) is 4.11. The molecule has 16 heavy (non-hydrogen) atoms. The first-order chi connectivity index (χ1) is 7.49. The highest BCUT2D eigenvalue weighted by Gasteiger charge is 2.40. The van der Waals surface area contributed by atoms with E-state index in [1.54, 1.807) is 13.6 Å². The van der Waals surface area contributed by atoms with Crippen molar-refractivity contribution in [1.29, 1.82) is 0 Å². The standard InChI is InChI=1S/C7H18B2N2O3.C2H6/c1-8(13)10-7(6-12)3-4-11(5-7)9(2)14;1-2/h10,12-14H,3-6H2,1-2H3;1-2H3/t7-;/m1./s1. The highest BCUT2D eigenvalue weighted by atomic mass is 16.3. The Labute approximate surface area is 99.1 Å². The van der Waals surface area contributed by atoms with Gasteiger partial charge in [0.1, 0.15) is 0 Å². The van der Waals surface area contributed by atoms with E-state index in [1.807, 2.05) is 18.7 Å². The van der Waals surface area contributed by atoms with E-state index >= 15 is 0 Å². The Morgan fingerprint density at radius 1 is 1.31 bits per heavy atom. The van der Waals surface area contributed by atoms with Crippen LogP contribution in [0.3, 0.4) is 0 Å². The van der Waals surface area contributed by atoms with Crippen LogP contribution in [0.2, 0.25) is 13.6 Å². The third-order valence-corrected chi connectivity index (χ3v) is 2.73. The zero-order chi connectivity index (χ0) is 12.8. The number of nitrogens with one attached hydrogen (secondary N) is 1. The average Bonchev–Trinajstić information content (AvgIpc) is 2.65. The molecule has 0 unspecified atom stereocenters. The third kappa shape index (κ3) is 4.43. The maximum Gasteiger partial charge on any atom is 0.376 e. The van der Waals surface area contributed by atoms with Crippen LogP contribution >= 0.6 is 0 Å². The van der Waals surface area contributed by atoms with Crippen molar-refractivity contribution >= 4 is 14.1 Å². The molecular formula is C9H24B2N2O3. The van der Waals surface area contributed by atoms with Crippen molar-refractivity contribution in [2.45, 2.75) is 39.5 Å². The maximum atomic E-state index is 9.37. The van der Waals surface area contributed by atoms with Gasteiger partial charge in [-0.2, -0.15) is 0 Å². The van der Waals surface area contributed by atoms with Crippen molar-refractivity contribution in [2.75, 3.05) is 19.7 Å². The topological polar surface area (TPSA) is 76.0 Å². The molecule has 0 aromatic rings. The van der Waals surface area contributed by atoms with Crippen molar-refractivity contribution in [3.05, 3.63) is 0 Å². The van der Waals surface area contributed by atoms with E-state index in [-0.39, 0.29) is 6.61 Å². The molecule has 0 aromatic carbocycles. The minimum atomic E-state index is -0.643. The summed E-state index contributed by atoms with van der Waals surface area (Å²) >= 11 is 0. The summed E-state index contributed by atoms with van der Waals surface area (Å²) in [5.41, 5.74) is -0.467. The summed E-state index contributed by atoms with van der Waals surface area (Å²) in [6.45, 7) is 8.60. The van der Waals surface area contributed by atoms with Crippen molar-refractivity contribution in [2.24, 2.45) is 0 Å². The molecule has 1 rings (SSSR count). The van der Waals surface area contributed by atoms with E-state index in [9.17, 15) is 15.2 Å². The minimum absolute atomic E-state index is 0.0267. The predicted molar refractivity (Wildman–Crippen MR) is 68.2 cm³/mol. The predicted octanol–water partition coefficient (Wildman–Crippen LogP) is -0.740. The van der Waals surface area contributed by atoms with E-state index in [0.717, 1.165) is 13.0 Å². The largest absolute Gasteiger partial charge is 0.437 e. The van der Waals surface area contributed by atoms with Gasteiger partial charge in [-0.25, -0.2) is 0 Å². The molecule has 1 heterocycles. The fourth-order valence-electron chi connectivity index (χ4n) is 1.96. The van der Waals surface area contributed by atoms with Crippen molar-refractivity contribution in [3.8, 4) is 0 Å². The molecule has 1 fully saturated rings. The van der Waals surface area contributed by atoms with Gasteiger partial charge in [0.15, 0.2) is 0 Å². The van der Waals surface area contributed by atoms with Gasteiger partial charge in [-0.05, 0) is 26.6 Å². The lowest BCUT2D eigenvalue weighted by atomic mass is 9.81. The molecular weight excluding hydrogens is 206 g/mol. The first-order valence-corrected chi connectivity index (χ1v) is 5.98. The Balaban J connectivity index is 0.00000106. The number of hydrogen-bond acceptors (Lipinski definition) is 5. The summed E-state index contributed by atoms with van der Waals surface area (Å²) in [6, 6.07) is 0. The quantitative estimate of drug-likeness (QED) is 0.478. The molecule has 0 aliphatic carbocycles. The van der Waals surface area contributed by atoms with Crippen LogP contribution in [-0.2, 0) is 0 Å². The van der Waals surface area contributed by atoms with Gasteiger partial charge in [0, 0.05) is 12.1 Å². The Kier molecular flexibility index (Phi) is 7.26. The van der Waals surface area contributed by atoms with Gasteiger partial charge in [-0.1, -0.05) is 13.8 Å². The number of hydrogen-bond donors (Lipinski definition) is 4. The summed E-state index contributed by atoms with van der Waals surface area (Å²) < 4.78 is 0. The van der Waals surface area contributed by atoms with Crippen LogP contribution in [0.25, 0.3) is 0 Å². The van der Waals surface area contributed by atoms with Crippen molar-refractivity contribution in [3.63, 3.8) is 0 Å². The minimum Gasteiger partial charge on any atom is -0.437 e. The summed E-state index contributed by atoms with van der Waals surface area (Å²) in [5, 5.41) is 30.8. The number of nitrogens with zero attached hydrogens (tertiary/aromatic N) is 1. The van der Waals surface area contributed by atoms with E-state index in [1.165, 1.54) is 0 Å². The van der Waals surface area contributed by atoms with Crippen LogP contribution in [0.5, 0.6) is 0 Å². The smallest absolute Gasteiger partial charge is 0.376 e. The molecule has 1 atom stereocenters. The normalized spacial score (nSPS) is 24.9. The van der Waals surface area contributed by atoms with E-state index in [0.29, 0.717) is 6.54 Å². The molecule has 5 nitrogen and oxygen atoms in total. The summed E-state index contributed by atoms with van der Waals surface area (Å²) in [5.74, 6) is 0. The van der Waals surface area contributed by atoms with Crippen LogP contribution in [0.1, 0.15) is 20.3 Å². The SMILES string of the molecule is CB(O)N[C@]1(CO)CCN(B(C)O)C1.CC. The van der Waals surface area contributed by atoms with Crippen LogP contribution in [-0.4, -0.2) is 59.3 Å². The van der Waals surface area contributed by atoms with Crippen LogP contribution < -0.4 is 5.23 Å². The van der Waals surface area contributed by atoms with Gasteiger partial charge in [0.05, 0.1) is 6.61 Å². The number of aliphatic hydroxyl groups excluding tert-OH is 1. The van der Waals surface area contributed by atoms with Gasteiger partial charge < -0.3 is 25.2 Å². The molecule has 0 saturated carbocycles. The fraction of sp³-hybridized carbons (Fsp3) is 1.00. The Hall–Kier alpha value is -0.0701. The molecule has 1 saturated heterocycles. The Morgan fingerprint density at radius 3 is 2.19 bits per heavy atom. The summed E-state index contributed by atoms with van der Waals surface area (Å²) in [7, 11) is -1.14. The van der Waals surface area contributed by atoms with E-state index < -0.39 is 19.6 Å². The first kappa shape index (κ1) is 15.9. The van der Waals surface area contributed by atoms with E-state index in [4.69, 9.17) is 0 Å². The van der Waals surface area contributed by atoms with Crippen LogP contribution in [0.4, 0.5) is 0 Å². The maximum absolute atomic E-state index is 9.37. The average molecular weight is 230 g/mol. The highest BCUT2D eigenvalue weighted by molar-refractivity contribution is 6.46.